The largest absolute Gasteiger partial charge is 0.238 e. The van der Waals surface area contributed by atoms with Gasteiger partial charge in [-0.25, -0.2) is 4.85 Å². The Balaban J connectivity index is 2.62. The van der Waals surface area contributed by atoms with Crippen LogP contribution < -0.4 is 0 Å². The molecule has 2 rings (SSSR count). The van der Waals surface area contributed by atoms with Gasteiger partial charge in [-0.15, -0.1) is 0 Å². The van der Waals surface area contributed by atoms with Gasteiger partial charge in [-0.05, 0) is 17.2 Å². The molecule has 2 aromatic carbocycles. The van der Waals surface area contributed by atoms with Gasteiger partial charge in [0.25, 0.3) is 0 Å². The smallest absolute Gasteiger partial charge is 0.195 e. The quantitative estimate of drug-likeness (QED) is 0.612. The van der Waals surface area contributed by atoms with Crippen LogP contribution in [0.1, 0.15) is 0 Å². The second-order valence-electron chi connectivity index (χ2n) is 3.14. The molecule has 0 saturated carbocycles. The number of nitrogens with zero attached hydrogens (tertiary/aromatic N) is 1. The molecule has 2 heteroatoms. The monoisotopic (exact) mass is 213 g/mol. The topological polar surface area (TPSA) is 4.36 Å². The summed E-state index contributed by atoms with van der Waals surface area (Å²) in [6.07, 6.45) is 0. The number of rotatable bonds is 1. The van der Waals surface area contributed by atoms with Crippen molar-refractivity contribution < 1.29 is 0 Å². The van der Waals surface area contributed by atoms with E-state index in [1.54, 1.807) is 12.1 Å². The van der Waals surface area contributed by atoms with Gasteiger partial charge in [-0.2, -0.15) is 0 Å². The molecule has 0 fully saturated rings. The molecule has 2 aromatic rings. The highest BCUT2D eigenvalue weighted by molar-refractivity contribution is 6.31. The summed E-state index contributed by atoms with van der Waals surface area (Å²) in [5, 5.41) is 0.654. The molecule has 0 saturated heterocycles. The minimum atomic E-state index is 0.630. The van der Waals surface area contributed by atoms with Crippen molar-refractivity contribution in [2.75, 3.05) is 0 Å². The Morgan fingerprint density at radius 3 is 2.40 bits per heavy atom. The molecule has 0 amide bonds. The van der Waals surface area contributed by atoms with Gasteiger partial charge < -0.3 is 0 Å². The first-order chi connectivity index (χ1) is 7.31. The van der Waals surface area contributed by atoms with Crippen molar-refractivity contribution in [2.24, 2.45) is 0 Å². The molecule has 0 aromatic heterocycles. The lowest BCUT2D eigenvalue weighted by molar-refractivity contribution is 1.62. The SMILES string of the molecule is [C-]#[N+]c1ccc(Cl)cc1-c1ccccc1. The van der Waals surface area contributed by atoms with Crippen LogP contribution >= 0.6 is 11.6 Å². The lowest BCUT2D eigenvalue weighted by atomic mass is 10.0. The van der Waals surface area contributed by atoms with Crippen molar-refractivity contribution in [1.82, 2.24) is 0 Å². The highest BCUT2D eigenvalue weighted by Crippen LogP contribution is 2.32. The molecule has 0 aliphatic carbocycles. The zero-order valence-corrected chi connectivity index (χ0v) is 8.70. The molecule has 0 aliphatic rings. The van der Waals surface area contributed by atoms with Crippen LogP contribution in [0, 0.1) is 6.57 Å². The van der Waals surface area contributed by atoms with Gasteiger partial charge in [0.2, 0.25) is 0 Å². The minimum absolute atomic E-state index is 0.630. The maximum Gasteiger partial charge on any atom is 0.195 e. The van der Waals surface area contributed by atoms with Gasteiger partial charge in [0.1, 0.15) is 0 Å². The van der Waals surface area contributed by atoms with E-state index in [0.717, 1.165) is 11.1 Å². The molecule has 0 bridgehead atoms. The van der Waals surface area contributed by atoms with Crippen molar-refractivity contribution in [2.45, 2.75) is 0 Å². The third-order valence-corrected chi connectivity index (χ3v) is 2.40. The van der Waals surface area contributed by atoms with Crippen molar-refractivity contribution in [1.29, 1.82) is 0 Å². The molecule has 0 radical (unpaired) electrons. The highest BCUT2D eigenvalue weighted by Gasteiger charge is 2.04. The van der Waals surface area contributed by atoms with Crippen LogP contribution in [0.25, 0.3) is 16.0 Å². The Kier molecular flexibility index (Phi) is 2.71. The maximum absolute atomic E-state index is 7.09. The van der Waals surface area contributed by atoms with E-state index in [2.05, 4.69) is 4.85 Å². The van der Waals surface area contributed by atoms with E-state index in [1.165, 1.54) is 0 Å². The fraction of sp³-hybridized carbons (Fsp3) is 0. The van der Waals surface area contributed by atoms with E-state index in [-0.39, 0.29) is 0 Å². The third-order valence-electron chi connectivity index (χ3n) is 2.16. The zero-order valence-electron chi connectivity index (χ0n) is 7.94. The van der Waals surface area contributed by atoms with Gasteiger partial charge in [0.15, 0.2) is 5.69 Å². The minimum Gasteiger partial charge on any atom is -0.238 e. The molecule has 1 nitrogen and oxygen atoms in total. The Labute approximate surface area is 93.8 Å². The summed E-state index contributed by atoms with van der Waals surface area (Å²) >= 11 is 5.92. The average molecular weight is 214 g/mol. The van der Waals surface area contributed by atoms with E-state index in [0.29, 0.717) is 10.7 Å². The van der Waals surface area contributed by atoms with Crippen LogP contribution in [0.2, 0.25) is 5.02 Å². The maximum atomic E-state index is 7.09. The van der Waals surface area contributed by atoms with Gasteiger partial charge >= 0.3 is 0 Å². The number of benzene rings is 2. The molecule has 72 valence electrons. The summed E-state index contributed by atoms with van der Waals surface area (Å²) in [7, 11) is 0. The van der Waals surface area contributed by atoms with Crippen molar-refractivity contribution in [3.8, 4) is 11.1 Å². The number of hydrogen-bond donors (Lipinski definition) is 0. The fourth-order valence-electron chi connectivity index (χ4n) is 1.45. The summed E-state index contributed by atoms with van der Waals surface area (Å²) in [6, 6.07) is 15.1. The Morgan fingerprint density at radius 1 is 1.00 bits per heavy atom. The summed E-state index contributed by atoms with van der Waals surface area (Å²) in [4.78, 5) is 3.48. The Bertz CT molecular complexity index is 512. The van der Waals surface area contributed by atoms with Crippen LogP contribution in [-0.4, -0.2) is 0 Å². The van der Waals surface area contributed by atoms with Gasteiger partial charge in [0, 0.05) is 5.02 Å². The summed E-state index contributed by atoms with van der Waals surface area (Å²) in [5.74, 6) is 0. The average Bonchev–Trinajstić information content (AvgIpc) is 2.30. The predicted octanol–water partition coefficient (Wildman–Crippen LogP) is 4.56. The lowest BCUT2D eigenvalue weighted by Crippen LogP contribution is -1.77. The first-order valence-electron chi connectivity index (χ1n) is 4.53. The fourth-order valence-corrected chi connectivity index (χ4v) is 1.63. The lowest BCUT2D eigenvalue weighted by Gasteiger charge is -2.04. The normalized spacial score (nSPS) is 9.60. The van der Waals surface area contributed by atoms with Crippen LogP contribution in [-0.2, 0) is 0 Å². The molecular formula is C13H8ClN. The molecule has 0 N–H and O–H groups in total. The second kappa shape index (κ2) is 4.16. The Morgan fingerprint density at radius 2 is 1.73 bits per heavy atom. The van der Waals surface area contributed by atoms with Crippen LogP contribution in [0.4, 0.5) is 5.69 Å². The number of halogens is 1. The van der Waals surface area contributed by atoms with Crippen molar-refractivity contribution in [3.05, 3.63) is 65.0 Å². The van der Waals surface area contributed by atoms with E-state index in [4.69, 9.17) is 18.2 Å². The first-order valence-corrected chi connectivity index (χ1v) is 4.91. The summed E-state index contributed by atoms with van der Waals surface area (Å²) in [6.45, 7) is 7.09. The van der Waals surface area contributed by atoms with E-state index >= 15 is 0 Å². The molecule has 0 atom stereocenters. The van der Waals surface area contributed by atoms with Gasteiger partial charge in [-0.3, -0.25) is 0 Å². The second-order valence-corrected chi connectivity index (χ2v) is 3.58. The van der Waals surface area contributed by atoms with E-state index in [1.807, 2.05) is 36.4 Å². The third kappa shape index (κ3) is 2.01. The Hall–Kier alpha value is -1.78. The molecule has 0 spiro atoms. The van der Waals surface area contributed by atoms with Crippen LogP contribution in [0.15, 0.2) is 48.5 Å². The van der Waals surface area contributed by atoms with Crippen LogP contribution in [0.5, 0.6) is 0 Å². The molecule has 0 unspecified atom stereocenters. The standard InChI is InChI=1S/C13H8ClN/c1-15-13-8-7-11(14)9-12(13)10-5-3-2-4-6-10/h2-9H. The highest BCUT2D eigenvalue weighted by atomic mass is 35.5. The first kappa shape index (κ1) is 9.76. The van der Waals surface area contributed by atoms with Crippen molar-refractivity contribution >= 4 is 17.3 Å². The van der Waals surface area contributed by atoms with Crippen LogP contribution in [0.3, 0.4) is 0 Å². The van der Waals surface area contributed by atoms with E-state index < -0.39 is 0 Å². The summed E-state index contributed by atoms with van der Waals surface area (Å²) in [5.41, 5.74) is 2.54. The van der Waals surface area contributed by atoms with Gasteiger partial charge in [-0.1, -0.05) is 54.1 Å². The summed E-state index contributed by atoms with van der Waals surface area (Å²) < 4.78 is 0. The molecule has 15 heavy (non-hydrogen) atoms. The predicted molar refractivity (Wildman–Crippen MR) is 63.2 cm³/mol. The molecule has 0 heterocycles. The van der Waals surface area contributed by atoms with E-state index in [9.17, 15) is 0 Å². The zero-order chi connectivity index (χ0) is 10.7. The molecule has 0 aliphatic heterocycles. The van der Waals surface area contributed by atoms with Gasteiger partial charge in [0.05, 0.1) is 6.57 Å². The molecular weight excluding hydrogens is 206 g/mol. The number of hydrogen-bond acceptors (Lipinski definition) is 0. The van der Waals surface area contributed by atoms with Crippen molar-refractivity contribution in [3.63, 3.8) is 0 Å².